The highest BCUT2D eigenvalue weighted by atomic mass is 16.2. The largest absolute Gasteiger partial charge is 0.369 e. The first-order chi connectivity index (χ1) is 12.1. The minimum Gasteiger partial charge on any atom is -0.369 e. The molecule has 1 aliphatic rings. The Hall–Kier alpha value is -0.860. The van der Waals surface area contributed by atoms with Gasteiger partial charge in [-0.25, -0.2) is 0 Å². The van der Waals surface area contributed by atoms with E-state index in [-0.39, 0.29) is 11.2 Å². The van der Waals surface area contributed by atoms with Crippen molar-refractivity contribution in [2.75, 3.05) is 0 Å². The summed E-state index contributed by atoms with van der Waals surface area (Å²) in [6.45, 7) is 4.39. The van der Waals surface area contributed by atoms with Crippen molar-refractivity contribution in [3.05, 3.63) is 0 Å². The van der Waals surface area contributed by atoms with Gasteiger partial charge in [0.15, 0.2) is 5.78 Å². The van der Waals surface area contributed by atoms with Crippen LogP contribution in [0.25, 0.3) is 0 Å². The Bertz CT molecular complexity index is 383. The summed E-state index contributed by atoms with van der Waals surface area (Å²) in [6, 6.07) is 0. The van der Waals surface area contributed by atoms with Crippen molar-refractivity contribution in [1.82, 2.24) is 0 Å². The molecule has 0 aromatic heterocycles. The number of carbonyl (C=O) groups is 2. The molecular formula is C22H41NO2. The maximum absolute atomic E-state index is 13.4. The predicted molar refractivity (Wildman–Crippen MR) is 105 cm³/mol. The average molecular weight is 352 g/mol. The number of unbranched alkanes of at least 4 members (excludes halogenated alkanes) is 6. The highest BCUT2D eigenvalue weighted by molar-refractivity contribution is 6.03. The van der Waals surface area contributed by atoms with E-state index in [1.165, 1.54) is 38.5 Å². The molecule has 1 rings (SSSR count). The average Bonchev–Trinajstić information content (AvgIpc) is 2.84. The van der Waals surface area contributed by atoms with Crippen molar-refractivity contribution in [2.45, 2.75) is 117 Å². The first-order valence-electron chi connectivity index (χ1n) is 10.9. The van der Waals surface area contributed by atoms with Crippen molar-refractivity contribution in [3.63, 3.8) is 0 Å². The fraction of sp³-hybridized carbons (Fsp3) is 0.909. The number of amides is 1. The smallest absolute Gasteiger partial charge is 0.228 e. The van der Waals surface area contributed by atoms with Gasteiger partial charge in [0.1, 0.15) is 0 Å². The molecular weight excluding hydrogens is 310 g/mol. The highest BCUT2D eigenvalue weighted by Gasteiger charge is 2.42. The number of Topliss-reactive ketones (excluding diaryl/α,β-unsaturated/α-hetero) is 1. The third-order valence-corrected chi connectivity index (χ3v) is 6.10. The molecule has 1 fully saturated rings. The minimum atomic E-state index is -0.555. The van der Waals surface area contributed by atoms with Gasteiger partial charge in [0.2, 0.25) is 5.91 Å². The number of ketones is 1. The molecule has 3 nitrogen and oxygen atoms in total. The number of hydrogen-bond donors (Lipinski definition) is 1. The van der Waals surface area contributed by atoms with Crippen molar-refractivity contribution in [2.24, 2.45) is 17.1 Å². The Balaban J connectivity index is 2.80. The van der Waals surface area contributed by atoms with E-state index in [0.29, 0.717) is 6.42 Å². The zero-order chi connectivity index (χ0) is 18.5. The third-order valence-electron chi connectivity index (χ3n) is 6.10. The molecule has 1 saturated carbocycles. The molecule has 1 amide bonds. The van der Waals surface area contributed by atoms with Gasteiger partial charge in [-0.1, -0.05) is 90.9 Å². The van der Waals surface area contributed by atoms with E-state index in [4.69, 9.17) is 5.73 Å². The zero-order valence-electron chi connectivity index (χ0n) is 16.8. The lowest BCUT2D eigenvalue weighted by Crippen LogP contribution is -2.41. The molecule has 0 bridgehead atoms. The molecule has 2 N–H and O–H groups in total. The Kier molecular flexibility index (Phi) is 11.1. The summed E-state index contributed by atoms with van der Waals surface area (Å²) >= 11 is 0. The maximum atomic E-state index is 13.4. The molecule has 1 aliphatic carbocycles. The SMILES string of the molecule is CCCCCCC(C(N)=O)C(=O)C1(CCCCCC)CCCCCC1. The molecule has 0 aromatic carbocycles. The molecule has 0 heterocycles. The van der Waals surface area contributed by atoms with Crippen LogP contribution in [0.1, 0.15) is 117 Å². The number of hydrogen-bond acceptors (Lipinski definition) is 2. The molecule has 0 aromatic rings. The minimum absolute atomic E-state index is 0.190. The fourth-order valence-corrected chi connectivity index (χ4v) is 4.46. The van der Waals surface area contributed by atoms with Crippen LogP contribution in [-0.2, 0) is 9.59 Å². The normalized spacial score (nSPS) is 18.5. The van der Waals surface area contributed by atoms with Gasteiger partial charge in [0, 0.05) is 5.41 Å². The standard InChI is InChI=1S/C22H41NO2/c1-3-5-7-11-15-19(21(23)25)20(24)22(16-12-8-6-4-2)17-13-9-10-14-18-22/h19H,3-18H2,1-2H3,(H2,23,25). The Morgan fingerprint density at radius 1 is 0.840 bits per heavy atom. The summed E-state index contributed by atoms with van der Waals surface area (Å²) in [5.74, 6) is -0.755. The van der Waals surface area contributed by atoms with E-state index in [1.807, 2.05) is 0 Å². The van der Waals surface area contributed by atoms with Crippen LogP contribution in [0.3, 0.4) is 0 Å². The summed E-state index contributed by atoms with van der Waals surface area (Å²) in [4.78, 5) is 25.5. The molecule has 0 aliphatic heterocycles. The van der Waals surface area contributed by atoms with Crippen LogP contribution in [0.15, 0.2) is 0 Å². The molecule has 0 saturated heterocycles. The van der Waals surface area contributed by atoms with Gasteiger partial charge in [0.05, 0.1) is 5.92 Å². The van der Waals surface area contributed by atoms with Crippen molar-refractivity contribution >= 4 is 11.7 Å². The Labute approximate surface area is 155 Å². The fourth-order valence-electron chi connectivity index (χ4n) is 4.46. The quantitative estimate of drug-likeness (QED) is 0.254. The van der Waals surface area contributed by atoms with Crippen molar-refractivity contribution < 1.29 is 9.59 Å². The summed E-state index contributed by atoms with van der Waals surface area (Å²) in [5, 5.41) is 0. The van der Waals surface area contributed by atoms with Crippen LogP contribution in [0.5, 0.6) is 0 Å². The van der Waals surface area contributed by atoms with Crippen molar-refractivity contribution in [3.8, 4) is 0 Å². The monoisotopic (exact) mass is 351 g/mol. The molecule has 1 atom stereocenters. The van der Waals surface area contributed by atoms with E-state index in [9.17, 15) is 9.59 Å². The van der Waals surface area contributed by atoms with Gasteiger partial charge < -0.3 is 5.73 Å². The maximum Gasteiger partial charge on any atom is 0.228 e. The second-order valence-electron chi connectivity index (χ2n) is 8.17. The van der Waals surface area contributed by atoms with Crippen LogP contribution in [0, 0.1) is 11.3 Å². The summed E-state index contributed by atoms with van der Waals surface area (Å²) in [7, 11) is 0. The second kappa shape index (κ2) is 12.5. The molecule has 146 valence electrons. The number of rotatable bonds is 13. The lowest BCUT2D eigenvalue weighted by atomic mass is 9.68. The van der Waals surface area contributed by atoms with Gasteiger partial charge >= 0.3 is 0 Å². The number of nitrogens with two attached hydrogens (primary N) is 1. The van der Waals surface area contributed by atoms with E-state index in [1.54, 1.807) is 0 Å². The first-order valence-corrected chi connectivity index (χ1v) is 10.9. The van der Waals surface area contributed by atoms with Crippen LogP contribution >= 0.6 is 0 Å². The summed E-state index contributed by atoms with van der Waals surface area (Å²) < 4.78 is 0. The van der Waals surface area contributed by atoms with E-state index < -0.39 is 11.8 Å². The van der Waals surface area contributed by atoms with Crippen LogP contribution in [-0.4, -0.2) is 11.7 Å². The van der Waals surface area contributed by atoms with Gasteiger partial charge in [-0.3, -0.25) is 9.59 Å². The molecule has 3 heteroatoms. The number of primary amides is 1. The lowest BCUT2D eigenvalue weighted by molar-refractivity contribution is -0.140. The van der Waals surface area contributed by atoms with Gasteiger partial charge in [-0.05, 0) is 25.7 Å². The summed E-state index contributed by atoms with van der Waals surface area (Å²) in [6.07, 6.45) is 17.4. The van der Waals surface area contributed by atoms with E-state index >= 15 is 0 Å². The molecule has 0 spiro atoms. The topological polar surface area (TPSA) is 60.2 Å². The molecule has 1 unspecified atom stereocenters. The van der Waals surface area contributed by atoms with Gasteiger partial charge in [-0.2, -0.15) is 0 Å². The molecule has 25 heavy (non-hydrogen) atoms. The number of carbonyl (C=O) groups excluding carboxylic acids is 2. The highest BCUT2D eigenvalue weighted by Crippen LogP contribution is 2.43. The molecule has 0 radical (unpaired) electrons. The lowest BCUT2D eigenvalue weighted by Gasteiger charge is -2.34. The zero-order valence-corrected chi connectivity index (χ0v) is 16.8. The van der Waals surface area contributed by atoms with Gasteiger partial charge in [-0.15, -0.1) is 0 Å². The predicted octanol–water partition coefficient (Wildman–Crippen LogP) is 5.94. The third kappa shape index (κ3) is 7.50. The Morgan fingerprint density at radius 2 is 1.40 bits per heavy atom. The van der Waals surface area contributed by atoms with Crippen LogP contribution in [0.4, 0.5) is 0 Å². The van der Waals surface area contributed by atoms with E-state index in [2.05, 4.69) is 13.8 Å². The van der Waals surface area contributed by atoms with E-state index in [0.717, 1.165) is 57.8 Å². The van der Waals surface area contributed by atoms with Crippen LogP contribution in [0.2, 0.25) is 0 Å². The van der Waals surface area contributed by atoms with Crippen LogP contribution < -0.4 is 5.73 Å². The second-order valence-corrected chi connectivity index (χ2v) is 8.17. The first kappa shape index (κ1) is 22.2. The summed E-state index contributed by atoms with van der Waals surface area (Å²) in [5.41, 5.74) is 5.40. The Morgan fingerprint density at radius 3 is 1.92 bits per heavy atom. The van der Waals surface area contributed by atoms with Crippen molar-refractivity contribution in [1.29, 1.82) is 0 Å². The van der Waals surface area contributed by atoms with Gasteiger partial charge in [0.25, 0.3) is 0 Å².